The number of hydrogen-bond acceptors (Lipinski definition) is 7. The Bertz CT molecular complexity index is 1140. The molecule has 11 heteroatoms. The van der Waals surface area contributed by atoms with Crippen molar-refractivity contribution in [3.63, 3.8) is 0 Å². The van der Waals surface area contributed by atoms with Crippen molar-refractivity contribution in [3.8, 4) is 0 Å². The molecule has 178 valence electrons. The molecule has 0 bridgehead atoms. The first-order chi connectivity index (χ1) is 15.4. The lowest BCUT2D eigenvalue weighted by molar-refractivity contribution is -0.140. The Morgan fingerprint density at radius 1 is 1.15 bits per heavy atom. The number of anilines is 2. The predicted octanol–water partition coefficient (Wildman–Crippen LogP) is 1.79. The summed E-state index contributed by atoms with van der Waals surface area (Å²) in [6.45, 7) is 6.18. The van der Waals surface area contributed by atoms with Crippen molar-refractivity contribution >= 4 is 29.3 Å². The SMILES string of the molecule is COC(=O)CCN(C(=O)Cn1cc(C)c(=O)[nH]c1=O)c1ccccc1NC(=O)OC(C)(C)C. The van der Waals surface area contributed by atoms with Crippen LogP contribution in [0.1, 0.15) is 32.8 Å². The number of carbonyl (C=O) groups excluding carboxylic acids is 3. The lowest BCUT2D eigenvalue weighted by Gasteiger charge is -2.26. The van der Waals surface area contributed by atoms with Gasteiger partial charge in [-0.1, -0.05) is 12.1 Å². The van der Waals surface area contributed by atoms with Crippen molar-refractivity contribution in [2.45, 2.75) is 46.3 Å². The van der Waals surface area contributed by atoms with Gasteiger partial charge in [-0.05, 0) is 39.8 Å². The van der Waals surface area contributed by atoms with E-state index in [2.05, 4.69) is 15.0 Å². The number of H-pyrrole nitrogens is 1. The van der Waals surface area contributed by atoms with Gasteiger partial charge in [0, 0.05) is 18.3 Å². The summed E-state index contributed by atoms with van der Waals surface area (Å²) in [6.07, 6.45) is 0.438. The summed E-state index contributed by atoms with van der Waals surface area (Å²) in [4.78, 5) is 64.4. The van der Waals surface area contributed by atoms with E-state index in [1.54, 1.807) is 45.0 Å². The van der Waals surface area contributed by atoms with E-state index in [0.29, 0.717) is 5.69 Å². The summed E-state index contributed by atoms with van der Waals surface area (Å²) in [5.74, 6) is -1.09. The number of carbonyl (C=O) groups is 3. The number of nitrogens with one attached hydrogen (secondary N) is 2. The molecule has 0 saturated heterocycles. The van der Waals surface area contributed by atoms with Crippen LogP contribution in [0.2, 0.25) is 0 Å². The minimum absolute atomic E-state index is 0.0738. The summed E-state index contributed by atoms with van der Waals surface area (Å²) in [5, 5.41) is 2.61. The maximum absolute atomic E-state index is 13.2. The summed E-state index contributed by atoms with van der Waals surface area (Å²) in [7, 11) is 1.23. The number of aromatic nitrogens is 2. The average Bonchev–Trinajstić information content (AvgIpc) is 2.71. The monoisotopic (exact) mass is 460 g/mol. The van der Waals surface area contributed by atoms with Crippen LogP contribution in [0.4, 0.5) is 16.2 Å². The number of rotatable bonds is 7. The first-order valence-electron chi connectivity index (χ1n) is 10.2. The number of esters is 1. The van der Waals surface area contributed by atoms with Gasteiger partial charge in [-0.3, -0.25) is 29.3 Å². The molecule has 1 aromatic heterocycles. The maximum atomic E-state index is 13.2. The van der Waals surface area contributed by atoms with E-state index in [9.17, 15) is 24.0 Å². The number of amides is 2. The average molecular weight is 460 g/mol. The number of nitrogens with zero attached hydrogens (tertiary/aromatic N) is 2. The lowest BCUT2D eigenvalue weighted by atomic mass is 10.2. The summed E-state index contributed by atoms with van der Waals surface area (Å²) < 4.78 is 11.0. The van der Waals surface area contributed by atoms with Crippen LogP contribution in [0.3, 0.4) is 0 Å². The smallest absolute Gasteiger partial charge is 0.412 e. The summed E-state index contributed by atoms with van der Waals surface area (Å²) >= 11 is 0. The molecule has 0 fully saturated rings. The van der Waals surface area contributed by atoms with Crippen LogP contribution in [0.15, 0.2) is 40.1 Å². The number of para-hydroxylation sites is 2. The van der Waals surface area contributed by atoms with Crippen molar-refractivity contribution < 1.29 is 23.9 Å². The Morgan fingerprint density at radius 3 is 2.45 bits per heavy atom. The van der Waals surface area contributed by atoms with Gasteiger partial charge in [0.1, 0.15) is 12.1 Å². The van der Waals surface area contributed by atoms with E-state index in [1.807, 2.05) is 0 Å². The van der Waals surface area contributed by atoms with Gasteiger partial charge < -0.3 is 14.4 Å². The van der Waals surface area contributed by atoms with E-state index in [1.165, 1.54) is 25.1 Å². The molecule has 1 aromatic carbocycles. The molecule has 0 aliphatic carbocycles. The Morgan fingerprint density at radius 2 is 1.82 bits per heavy atom. The van der Waals surface area contributed by atoms with Crippen molar-refractivity contribution in [2.75, 3.05) is 23.9 Å². The van der Waals surface area contributed by atoms with E-state index in [4.69, 9.17) is 4.74 Å². The van der Waals surface area contributed by atoms with E-state index in [0.717, 1.165) is 4.57 Å². The fourth-order valence-corrected chi connectivity index (χ4v) is 2.88. The van der Waals surface area contributed by atoms with Crippen molar-refractivity contribution in [3.05, 3.63) is 56.9 Å². The highest BCUT2D eigenvalue weighted by Crippen LogP contribution is 2.27. The standard InChI is InChI=1S/C22H28N4O7/c1-14-12-25(20(30)24-19(14)29)13-17(27)26(11-10-18(28)32-5)16-9-7-6-8-15(16)23-21(31)33-22(2,3)4/h6-9,12H,10-11,13H2,1-5H3,(H,23,31)(H,24,29,30). The quantitative estimate of drug-likeness (QED) is 0.600. The molecule has 0 saturated carbocycles. The van der Waals surface area contributed by atoms with E-state index >= 15 is 0 Å². The number of hydrogen-bond donors (Lipinski definition) is 2. The Labute approximate surface area is 190 Å². The van der Waals surface area contributed by atoms with Crippen LogP contribution in [-0.2, 0) is 25.6 Å². The second-order valence-corrected chi connectivity index (χ2v) is 8.21. The molecule has 2 N–H and O–H groups in total. The van der Waals surface area contributed by atoms with Gasteiger partial charge in [0.05, 0.1) is 24.9 Å². The highest BCUT2D eigenvalue weighted by Gasteiger charge is 2.23. The summed E-state index contributed by atoms with van der Waals surface area (Å²) in [6, 6.07) is 6.48. The van der Waals surface area contributed by atoms with Crippen molar-refractivity contribution in [2.24, 2.45) is 0 Å². The second-order valence-electron chi connectivity index (χ2n) is 8.21. The molecule has 33 heavy (non-hydrogen) atoms. The number of methoxy groups -OCH3 is 1. The molecule has 2 aromatic rings. The Balaban J connectivity index is 2.39. The summed E-state index contributed by atoms with van der Waals surface area (Å²) in [5.41, 5.74) is -1.19. The topological polar surface area (TPSA) is 140 Å². The zero-order valence-corrected chi connectivity index (χ0v) is 19.3. The normalized spacial score (nSPS) is 10.9. The first kappa shape index (κ1) is 25.4. The van der Waals surface area contributed by atoms with E-state index < -0.39 is 41.4 Å². The number of aryl methyl sites for hydroxylation is 1. The minimum Gasteiger partial charge on any atom is -0.469 e. The van der Waals surface area contributed by atoms with Gasteiger partial charge >= 0.3 is 17.8 Å². The minimum atomic E-state index is -0.743. The third kappa shape index (κ3) is 7.34. The molecule has 0 radical (unpaired) electrons. The molecule has 0 aliphatic heterocycles. The molecule has 1 heterocycles. The fraction of sp³-hybridized carbons (Fsp3) is 0.409. The van der Waals surface area contributed by atoms with Gasteiger partial charge in [-0.2, -0.15) is 0 Å². The molecule has 11 nitrogen and oxygen atoms in total. The van der Waals surface area contributed by atoms with E-state index in [-0.39, 0.29) is 24.2 Å². The molecule has 2 rings (SSSR count). The van der Waals surface area contributed by atoms with Crippen LogP contribution in [0, 0.1) is 6.92 Å². The Hall–Kier alpha value is -3.89. The lowest BCUT2D eigenvalue weighted by Crippen LogP contribution is -2.40. The van der Waals surface area contributed by atoms with Gasteiger partial charge in [-0.25, -0.2) is 9.59 Å². The molecule has 0 aliphatic rings. The van der Waals surface area contributed by atoms with Crippen LogP contribution >= 0.6 is 0 Å². The van der Waals surface area contributed by atoms with Gasteiger partial charge in [0.2, 0.25) is 5.91 Å². The van der Waals surface area contributed by atoms with Gasteiger partial charge in [0.15, 0.2) is 0 Å². The largest absolute Gasteiger partial charge is 0.469 e. The highest BCUT2D eigenvalue weighted by molar-refractivity contribution is 5.99. The number of benzene rings is 1. The number of ether oxygens (including phenoxy) is 2. The molecular formula is C22H28N4O7. The molecule has 0 atom stereocenters. The van der Waals surface area contributed by atoms with Crippen LogP contribution in [0.25, 0.3) is 0 Å². The molecule has 2 amide bonds. The fourth-order valence-electron chi connectivity index (χ4n) is 2.88. The van der Waals surface area contributed by atoms with Crippen molar-refractivity contribution in [1.29, 1.82) is 0 Å². The van der Waals surface area contributed by atoms with Crippen molar-refractivity contribution in [1.82, 2.24) is 9.55 Å². The molecule has 0 spiro atoms. The zero-order chi connectivity index (χ0) is 24.8. The zero-order valence-electron chi connectivity index (χ0n) is 19.3. The highest BCUT2D eigenvalue weighted by atomic mass is 16.6. The van der Waals surface area contributed by atoms with Crippen LogP contribution < -0.4 is 21.5 Å². The molecular weight excluding hydrogens is 432 g/mol. The van der Waals surface area contributed by atoms with Gasteiger partial charge in [0.25, 0.3) is 5.56 Å². The second kappa shape index (κ2) is 10.6. The molecule has 0 unspecified atom stereocenters. The van der Waals surface area contributed by atoms with Crippen LogP contribution in [0.5, 0.6) is 0 Å². The maximum Gasteiger partial charge on any atom is 0.412 e. The first-order valence-corrected chi connectivity index (χ1v) is 10.2. The third-order valence-electron chi connectivity index (χ3n) is 4.39. The number of aromatic amines is 1. The van der Waals surface area contributed by atoms with Gasteiger partial charge in [-0.15, -0.1) is 0 Å². The Kier molecular flexibility index (Phi) is 8.16. The van der Waals surface area contributed by atoms with Crippen LogP contribution in [-0.4, -0.2) is 46.8 Å². The predicted molar refractivity (Wildman–Crippen MR) is 121 cm³/mol. The third-order valence-corrected chi connectivity index (χ3v) is 4.39.